The lowest BCUT2D eigenvalue weighted by molar-refractivity contribution is -0.149. The van der Waals surface area contributed by atoms with Crippen LogP contribution in [-0.2, 0) is 20.7 Å². The van der Waals surface area contributed by atoms with E-state index in [4.69, 9.17) is 16.3 Å². The van der Waals surface area contributed by atoms with Crippen molar-refractivity contribution in [2.75, 3.05) is 7.11 Å². The van der Waals surface area contributed by atoms with Crippen LogP contribution in [0.4, 0.5) is 0 Å². The fraction of sp³-hybridized carbons (Fsp3) is 0.467. The molecule has 0 amide bonds. The Hall–Kier alpha value is -1.35. The van der Waals surface area contributed by atoms with Crippen LogP contribution in [0.15, 0.2) is 24.3 Å². The Morgan fingerprint density at radius 1 is 1.37 bits per heavy atom. The van der Waals surface area contributed by atoms with Gasteiger partial charge >= 0.3 is 5.97 Å². The normalized spacial score (nSPS) is 11.9. The number of halogens is 1. The summed E-state index contributed by atoms with van der Waals surface area (Å²) < 4.78 is 4.72. The highest BCUT2D eigenvalue weighted by Gasteiger charge is 2.27. The second-order valence-corrected chi connectivity index (χ2v) is 4.92. The molecule has 104 valence electrons. The molecule has 3 nitrogen and oxygen atoms in total. The number of carbonyl (C=O) groups excluding carboxylic acids is 2. The van der Waals surface area contributed by atoms with Crippen molar-refractivity contribution in [2.45, 2.75) is 32.6 Å². The van der Waals surface area contributed by atoms with Crippen molar-refractivity contribution >= 4 is 23.4 Å². The number of benzene rings is 1. The first-order valence-corrected chi connectivity index (χ1v) is 6.81. The summed E-state index contributed by atoms with van der Waals surface area (Å²) in [6, 6.07) is 7.19. The lowest BCUT2D eigenvalue weighted by Crippen LogP contribution is -2.27. The lowest BCUT2D eigenvalue weighted by Gasteiger charge is -2.13. The van der Waals surface area contributed by atoms with E-state index < -0.39 is 11.9 Å². The zero-order valence-corrected chi connectivity index (χ0v) is 12.1. The smallest absolute Gasteiger partial charge is 0.316 e. The van der Waals surface area contributed by atoms with Crippen LogP contribution in [0.5, 0.6) is 0 Å². The Morgan fingerprint density at radius 2 is 2.11 bits per heavy atom. The molecule has 1 aromatic rings. The van der Waals surface area contributed by atoms with E-state index in [0.717, 1.165) is 18.4 Å². The van der Waals surface area contributed by atoms with Gasteiger partial charge < -0.3 is 4.74 Å². The SMILES string of the molecule is CCCCC(=O)C(Cc1cccc(Cl)c1)C(=O)OC. The Kier molecular flexibility index (Phi) is 6.57. The number of rotatable bonds is 7. The predicted octanol–water partition coefficient (Wildman–Crippen LogP) is 3.43. The molecule has 0 aliphatic heterocycles. The van der Waals surface area contributed by atoms with E-state index in [2.05, 4.69) is 0 Å². The van der Waals surface area contributed by atoms with Gasteiger partial charge in [-0.2, -0.15) is 0 Å². The van der Waals surface area contributed by atoms with Crippen molar-refractivity contribution in [1.29, 1.82) is 0 Å². The van der Waals surface area contributed by atoms with E-state index in [0.29, 0.717) is 17.9 Å². The number of ketones is 1. The zero-order chi connectivity index (χ0) is 14.3. The predicted molar refractivity (Wildman–Crippen MR) is 75.2 cm³/mol. The average molecular weight is 283 g/mol. The number of unbranched alkanes of at least 4 members (excludes halogenated alkanes) is 1. The summed E-state index contributed by atoms with van der Waals surface area (Å²) in [5.74, 6) is -1.26. The molecule has 0 fully saturated rings. The molecule has 1 unspecified atom stereocenters. The molecule has 19 heavy (non-hydrogen) atoms. The van der Waals surface area contributed by atoms with Gasteiger partial charge in [0.15, 0.2) is 0 Å². The summed E-state index contributed by atoms with van der Waals surface area (Å²) in [6.07, 6.45) is 2.48. The molecule has 0 heterocycles. The first-order valence-electron chi connectivity index (χ1n) is 6.43. The zero-order valence-electron chi connectivity index (χ0n) is 11.3. The van der Waals surface area contributed by atoms with Gasteiger partial charge in [-0.3, -0.25) is 9.59 Å². The number of hydrogen-bond acceptors (Lipinski definition) is 3. The summed E-state index contributed by atoms with van der Waals surface area (Å²) in [7, 11) is 1.31. The van der Waals surface area contributed by atoms with E-state index >= 15 is 0 Å². The van der Waals surface area contributed by atoms with Crippen LogP contribution in [0.2, 0.25) is 5.02 Å². The van der Waals surface area contributed by atoms with Crippen molar-refractivity contribution < 1.29 is 14.3 Å². The Bertz CT molecular complexity index is 443. The Balaban J connectivity index is 2.80. The summed E-state index contributed by atoms with van der Waals surface area (Å²) in [5.41, 5.74) is 0.868. The summed E-state index contributed by atoms with van der Waals surface area (Å²) in [5, 5.41) is 0.599. The minimum absolute atomic E-state index is 0.0614. The van der Waals surface area contributed by atoms with Crippen LogP contribution in [0.25, 0.3) is 0 Å². The molecular formula is C15H19ClO3. The highest BCUT2D eigenvalue weighted by molar-refractivity contribution is 6.30. The molecule has 0 saturated heterocycles. The van der Waals surface area contributed by atoms with Crippen molar-refractivity contribution in [3.63, 3.8) is 0 Å². The number of ether oxygens (including phenoxy) is 1. The van der Waals surface area contributed by atoms with Gasteiger partial charge in [0, 0.05) is 11.4 Å². The molecule has 0 spiro atoms. The van der Waals surface area contributed by atoms with Crippen LogP contribution in [0.1, 0.15) is 31.7 Å². The molecule has 0 saturated carbocycles. The van der Waals surface area contributed by atoms with Gasteiger partial charge in [-0.15, -0.1) is 0 Å². The van der Waals surface area contributed by atoms with E-state index in [1.807, 2.05) is 19.1 Å². The van der Waals surface area contributed by atoms with Gasteiger partial charge in [-0.05, 0) is 30.5 Å². The molecule has 0 aromatic heterocycles. The molecule has 4 heteroatoms. The van der Waals surface area contributed by atoms with Crippen molar-refractivity contribution in [1.82, 2.24) is 0 Å². The largest absolute Gasteiger partial charge is 0.468 e. The molecule has 0 radical (unpaired) electrons. The minimum atomic E-state index is -0.727. The van der Waals surface area contributed by atoms with E-state index in [9.17, 15) is 9.59 Å². The Labute approximate surface area is 118 Å². The second-order valence-electron chi connectivity index (χ2n) is 4.48. The van der Waals surface area contributed by atoms with E-state index in [-0.39, 0.29) is 5.78 Å². The lowest BCUT2D eigenvalue weighted by atomic mass is 9.92. The van der Waals surface area contributed by atoms with Crippen LogP contribution >= 0.6 is 11.6 Å². The van der Waals surface area contributed by atoms with Crippen molar-refractivity contribution in [3.05, 3.63) is 34.9 Å². The third-order valence-corrected chi connectivity index (χ3v) is 3.22. The first kappa shape index (κ1) is 15.7. The average Bonchev–Trinajstić information content (AvgIpc) is 2.41. The van der Waals surface area contributed by atoms with Crippen LogP contribution in [0.3, 0.4) is 0 Å². The van der Waals surface area contributed by atoms with Crippen LogP contribution < -0.4 is 0 Å². The summed E-state index contributed by atoms with van der Waals surface area (Å²) >= 11 is 5.90. The van der Waals surface area contributed by atoms with Gasteiger partial charge in [-0.1, -0.05) is 37.1 Å². The highest BCUT2D eigenvalue weighted by Crippen LogP contribution is 2.18. The quantitative estimate of drug-likeness (QED) is 0.568. The van der Waals surface area contributed by atoms with Gasteiger partial charge in [0.2, 0.25) is 0 Å². The maximum absolute atomic E-state index is 12.1. The number of methoxy groups -OCH3 is 1. The van der Waals surface area contributed by atoms with Crippen LogP contribution in [-0.4, -0.2) is 18.9 Å². The molecule has 0 N–H and O–H groups in total. The molecule has 1 rings (SSSR count). The van der Waals surface area contributed by atoms with Crippen molar-refractivity contribution in [2.24, 2.45) is 5.92 Å². The molecule has 1 aromatic carbocycles. The summed E-state index contributed by atoms with van der Waals surface area (Å²) in [4.78, 5) is 23.8. The van der Waals surface area contributed by atoms with E-state index in [1.54, 1.807) is 12.1 Å². The molecule has 0 bridgehead atoms. The summed E-state index contributed by atoms with van der Waals surface area (Å²) in [6.45, 7) is 2.01. The third-order valence-electron chi connectivity index (χ3n) is 2.98. The van der Waals surface area contributed by atoms with Gasteiger partial charge in [0.05, 0.1) is 7.11 Å². The van der Waals surface area contributed by atoms with Crippen LogP contribution in [0, 0.1) is 5.92 Å². The van der Waals surface area contributed by atoms with Gasteiger partial charge in [0.25, 0.3) is 0 Å². The maximum atomic E-state index is 12.1. The second kappa shape index (κ2) is 7.95. The molecule has 1 atom stereocenters. The maximum Gasteiger partial charge on any atom is 0.316 e. The third kappa shape index (κ3) is 5.03. The number of Topliss-reactive ketones (excluding diaryl/α,β-unsaturated/α-hetero) is 1. The topological polar surface area (TPSA) is 43.4 Å². The number of carbonyl (C=O) groups is 2. The highest BCUT2D eigenvalue weighted by atomic mass is 35.5. The fourth-order valence-electron chi connectivity index (χ4n) is 1.90. The standard InChI is InChI=1S/C15H19ClO3/c1-3-4-8-14(17)13(15(18)19-2)10-11-6-5-7-12(16)9-11/h5-7,9,13H,3-4,8,10H2,1-2H3. The molecule has 0 aliphatic carbocycles. The number of esters is 1. The van der Waals surface area contributed by atoms with Gasteiger partial charge in [-0.25, -0.2) is 0 Å². The minimum Gasteiger partial charge on any atom is -0.468 e. The Morgan fingerprint density at radius 3 is 2.68 bits per heavy atom. The number of hydrogen-bond donors (Lipinski definition) is 0. The molecule has 0 aliphatic rings. The fourth-order valence-corrected chi connectivity index (χ4v) is 2.11. The monoisotopic (exact) mass is 282 g/mol. The van der Waals surface area contributed by atoms with E-state index in [1.165, 1.54) is 7.11 Å². The first-order chi connectivity index (χ1) is 9.08. The van der Waals surface area contributed by atoms with Gasteiger partial charge in [0.1, 0.15) is 11.7 Å². The molecular weight excluding hydrogens is 264 g/mol. The van der Waals surface area contributed by atoms with Crippen molar-refractivity contribution in [3.8, 4) is 0 Å².